The van der Waals surface area contributed by atoms with E-state index in [1.165, 1.54) is 31.5 Å². The maximum Gasteiger partial charge on any atom is 0.323 e. The molecule has 0 N–H and O–H groups in total. The van der Waals surface area contributed by atoms with Crippen molar-refractivity contribution in [3.63, 3.8) is 0 Å². The van der Waals surface area contributed by atoms with E-state index in [1.807, 2.05) is 0 Å². The summed E-state index contributed by atoms with van der Waals surface area (Å²) in [4.78, 5) is 13.7. The number of hydrogen-bond donors (Lipinski definition) is 0. The van der Waals surface area contributed by atoms with Crippen LogP contribution in [0.2, 0.25) is 0 Å². The zero-order valence-electron chi connectivity index (χ0n) is 9.28. The summed E-state index contributed by atoms with van der Waals surface area (Å²) in [6, 6.07) is 0.0598. The molecule has 2 aliphatic rings. The van der Waals surface area contributed by atoms with Crippen LogP contribution in [0.3, 0.4) is 0 Å². The average Bonchev–Trinajstić information content (AvgIpc) is 2.25. The van der Waals surface area contributed by atoms with Crippen LogP contribution in [0.5, 0.6) is 0 Å². The zero-order valence-corrected chi connectivity index (χ0v) is 10.1. The molecular formula is C11H19NO2S. The lowest BCUT2D eigenvalue weighted by atomic mass is 9.96. The van der Waals surface area contributed by atoms with Crippen molar-refractivity contribution in [3.8, 4) is 0 Å². The SMILES string of the molecule is COC(=O)C1CCN1CC1CCSCC1. The van der Waals surface area contributed by atoms with Crippen LogP contribution in [-0.2, 0) is 9.53 Å². The normalized spacial score (nSPS) is 28.5. The highest BCUT2D eigenvalue weighted by atomic mass is 32.2. The van der Waals surface area contributed by atoms with Gasteiger partial charge in [0.05, 0.1) is 7.11 Å². The van der Waals surface area contributed by atoms with Gasteiger partial charge in [0.15, 0.2) is 0 Å². The monoisotopic (exact) mass is 229 g/mol. The van der Waals surface area contributed by atoms with Gasteiger partial charge in [-0.25, -0.2) is 0 Å². The first-order valence-corrected chi connectivity index (χ1v) is 6.86. The van der Waals surface area contributed by atoms with Crippen LogP contribution in [0.25, 0.3) is 0 Å². The maximum atomic E-state index is 11.4. The number of carbonyl (C=O) groups excluding carboxylic acids is 1. The van der Waals surface area contributed by atoms with Gasteiger partial charge in [0, 0.05) is 13.1 Å². The Morgan fingerprint density at radius 3 is 2.67 bits per heavy atom. The summed E-state index contributed by atoms with van der Waals surface area (Å²) in [5, 5.41) is 0. The average molecular weight is 229 g/mol. The van der Waals surface area contributed by atoms with Gasteiger partial charge in [-0.15, -0.1) is 0 Å². The van der Waals surface area contributed by atoms with E-state index in [-0.39, 0.29) is 12.0 Å². The largest absolute Gasteiger partial charge is 0.468 e. The molecule has 2 heterocycles. The highest BCUT2D eigenvalue weighted by Gasteiger charge is 2.36. The number of hydrogen-bond acceptors (Lipinski definition) is 4. The molecule has 1 unspecified atom stereocenters. The summed E-state index contributed by atoms with van der Waals surface area (Å²) in [7, 11) is 1.48. The van der Waals surface area contributed by atoms with Crippen LogP contribution in [-0.4, -0.2) is 48.6 Å². The van der Waals surface area contributed by atoms with Gasteiger partial charge in [-0.1, -0.05) is 0 Å². The Kier molecular flexibility index (Phi) is 3.92. The third kappa shape index (κ3) is 2.67. The molecule has 0 saturated carbocycles. The van der Waals surface area contributed by atoms with E-state index in [0.717, 1.165) is 25.4 Å². The second kappa shape index (κ2) is 5.21. The van der Waals surface area contributed by atoms with Gasteiger partial charge >= 0.3 is 5.97 Å². The number of nitrogens with zero attached hydrogens (tertiary/aromatic N) is 1. The first kappa shape index (κ1) is 11.3. The highest BCUT2D eigenvalue weighted by Crippen LogP contribution is 2.27. The fourth-order valence-electron chi connectivity index (χ4n) is 2.32. The van der Waals surface area contributed by atoms with Gasteiger partial charge in [0.2, 0.25) is 0 Å². The maximum absolute atomic E-state index is 11.4. The van der Waals surface area contributed by atoms with Crippen molar-refractivity contribution >= 4 is 17.7 Å². The van der Waals surface area contributed by atoms with Crippen molar-refractivity contribution in [2.75, 3.05) is 31.7 Å². The summed E-state index contributed by atoms with van der Waals surface area (Å²) >= 11 is 2.05. The number of rotatable bonds is 3. The topological polar surface area (TPSA) is 29.5 Å². The predicted octanol–water partition coefficient (Wildman–Crippen LogP) is 1.38. The van der Waals surface area contributed by atoms with Crippen LogP contribution in [0.15, 0.2) is 0 Å². The van der Waals surface area contributed by atoms with E-state index in [9.17, 15) is 4.79 Å². The van der Waals surface area contributed by atoms with Gasteiger partial charge in [-0.05, 0) is 36.7 Å². The van der Waals surface area contributed by atoms with Crippen molar-refractivity contribution in [3.05, 3.63) is 0 Å². The lowest BCUT2D eigenvalue weighted by Gasteiger charge is -2.41. The quantitative estimate of drug-likeness (QED) is 0.684. The molecule has 2 saturated heterocycles. The molecule has 2 rings (SSSR count). The molecule has 2 aliphatic heterocycles. The standard InChI is InChI=1S/C11H19NO2S/c1-14-11(13)10-2-5-12(10)8-9-3-6-15-7-4-9/h9-10H,2-8H2,1H3. The van der Waals surface area contributed by atoms with Gasteiger partial charge in [-0.3, -0.25) is 9.69 Å². The van der Waals surface area contributed by atoms with Crippen molar-refractivity contribution < 1.29 is 9.53 Å². The lowest BCUT2D eigenvalue weighted by Crippen LogP contribution is -2.54. The number of likely N-dealkylation sites (tertiary alicyclic amines) is 1. The summed E-state index contributed by atoms with van der Waals surface area (Å²) in [6.45, 7) is 2.17. The van der Waals surface area contributed by atoms with Gasteiger partial charge in [-0.2, -0.15) is 11.8 Å². The number of ether oxygens (including phenoxy) is 1. The molecule has 3 nitrogen and oxygen atoms in total. The molecule has 0 amide bonds. The Hall–Kier alpha value is -0.220. The molecule has 15 heavy (non-hydrogen) atoms. The van der Waals surface area contributed by atoms with Gasteiger partial charge in [0.1, 0.15) is 6.04 Å². The Balaban J connectivity index is 1.76. The Labute approximate surface area is 95.5 Å². The second-order valence-electron chi connectivity index (χ2n) is 4.38. The number of methoxy groups -OCH3 is 1. The summed E-state index contributed by atoms with van der Waals surface area (Å²) in [6.07, 6.45) is 3.61. The first-order chi connectivity index (χ1) is 7.31. The van der Waals surface area contributed by atoms with E-state index < -0.39 is 0 Å². The van der Waals surface area contributed by atoms with Crippen LogP contribution in [0.4, 0.5) is 0 Å². The first-order valence-electron chi connectivity index (χ1n) is 5.71. The van der Waals surface area contributed by atoms with Crippen LogP contribution in [0, 0.1) is 5.92 Å². The fraction of sp³-hybridized carbons (Fsp3) is 0.909. The van der Waals surface area contributed by atoms with Crippen molar-refractivity contribution in [1.82, 2.24) is 4.90 Å². The molecular weight excluding hydrogens is 210 g/mol. The molecule has 0 aromatic rings. The van der Waals surface area contributed by atoms with E-state index in [1.54, 1.807) is 0 Å². The smallest absolute Gasteiger partial charge is 0.323 e. The summed E-state index contributed by atoms with van der Waals surface area (Å²) in [5.41, 5.74) is 0. The van der Waals surface area contributed by atoms with Crippen LogP contribution >= 0.6 is 11.8 Å². The summed E-state index contributed by atoms with van der Waals surface area (Å²) in [5.74, 6) is 3.34. The van der Waals surface area contributed by atoms with Crippen molar-refractivity contribution in [2.45, 2.75) is 25.3 Å². The molecule has 0 radical (unpaired) electrons. The minimum absolute atomic E-state index is 0.0496. The zero-order chi connectivity index (χ0) is 10.7. The minimum atomic E-state index is -0.0496. The second-order valence-corrected chi connectivity index (χ2v) is 5.60. The fourth-order valence-corrected chi connectivity index (χ4v) is 3.53. The van der Waals surface area contributed by atoms with E-state index in [2.05, 4.69) is 16.7 Å². The lowest BCUT2D eigenvalue weighted by molar-refractivity contribution is -0.152. The molecule has 4 heteroatoms. The molecule has 0 aromatic heterocycles. The van der Waals surface area contributed by atoms with Gasteiger partial charge < -0.3 is 4.74 Å². The van der Waals surface area contributed by atoms with E-state index >= 15 is 0 Å². The van der Waals surface area contributed by atoms with Crippen molar-refractivity contribution in [1.29, 1.82) is 0 Å². The van der Waals surface area contributed by atoms with Crippen molar-refractivity contribution in [2.24, 2.45) is 5.92 Å². The molecule has 86 valence electrons. The van der Waals surface area contributed by atoms with Crippen LogP contribution in [0.1, 0.15) is 19.3 Å². The van der Waals surface area contributed by atoms with Crippen LogP contribution < -0.4 is 0 Å². The van der Waals surface area contributed by atoms with E-state index in [4.69, 9.17) is 4.74 Å². The number of esters is 1. The minimum Gasteiger partial charge on any atom is -0.468 e. The third-order valence-corrected chi connectivity index (χ3v) is 4.49. The highest BCUT2D eigenvalue weighted by molar-refractivity contribution is 7.99. The molecule has 2 fully saturated rings. The molecule has 0 aliphatic carbocycles. The predicted molar refractivity (Wildman–Crippen MR) is 62.0 cm³/mol. The molecule has 0 bridgehead atoms. The molecule has 1 atom stereocenters. The Bertz CT molecular complexity index is 229. The number of thioether (sulfide) groups is 1. The van der Waals surface area contributed by atoms with Gasteiger partial charge in [0.25, 0.3) is 0 Å². The Morgan fingerprint density at radius 1 is 1.40 bits per heavy atom. The van der Waals surface area contributed by atoms with E-state index in [0.29, 0.717) is 0 Å². The summed E-state index contributed by atoms with van der Waals surface area (Å²) < 4.78 is 4.79. The Morgan fingerprint density at radius 2 is 2.13 bits per heavy atom. The number of carbonyl (C=O) groups is 1. The third-order valence-electron chi connectivity index (χ3n) is 3.44. The molecule has 0 aromatic carbocycles. The molecule has 0 spiro atoms.